The molecule has 2 aliphatic rings. The molecule has 7 nitrogen and oxygen atoms in total. The van der Waals surface area contributed by atoms with Gasteiger partial charge in [0.05, 0.1) is 23.6 Å². The highest BCUT2D eigenvalue weighted by Gasteiger charge is 2.42. The van der Waals surface area contributed by atoms with Crippen molar-refractivity contribution >= 4 is 10.0 Å². The van der Waals surface area contributed by atoms with Crippen molar-refractivity contribution in [3.63, 3.8) is 0 Å². The fourth-order valence-electron chi connectivity index (χ4n) is 3.75. The van der Waals surface area contributed by atoms with Crippen LogP contribution < -0.4 is 5.32 Å². The molecule has 144 valence electrons. The van der Waals surface area contributed by atoms with Crippen molar-refractivity contribution in [2.75, 3.05) is 0 Å². The normalized spacial score (nSPS) is 20.7. The van der Waals surface area contributed by atoms with Crippen LogP contribution in [-0.4, -0.2) is 27.6 Å². The van der Waals surface area contributed by atoms with Crippen LogP contribution in [-0.2, 0) is 22.6 Å². The molecule has 5 rings (SSSR count). The average molecular weight is 407 g/mol. The number of pyridine rings is 2. The Kier molecular flexibility index (Phi) is 3.47. The fourth-order valence-corrected chi connectivity index (χ4v) is 5.02. The van der Waals surface area contributed by atoms with Crippen LogP contribution >= 0.6 is 0 Å². The minimum absolute atomic E-state index is 0.0995. The van der Waals surface area contributed by atoms with Crippen molar-refractivity contribution in [2.24, 2.45) is 0 Å². The van der Waals surface area contributed by atoms with Gasteiger partial charge in [0.15, 0.2) is 0 Å². The lowest BCUT2D eigenvalue weighted by atomic mass is 10.0. The second-order valence-corrected chi connectivity index (χ2v) is 8.37. The minimum Gasteiger partial charge on any atom is -0.297 e. The van der Waals surface area contributed by atoms with Gasteiger partial charge in [-0.25, -0.2) is 0 Å². The van der Waals surface area contributed by atoms with E-state index in [0.29, 0.717) is 29.9 Å². The summed E-state index contributed by atoms with van der Waals surface area (Å²) in [6.45, 7) is 0. The zero-order valence-corrected chi connectivity index (χ0v) is 14.9. The molecule has 28 heavy (non-hydrogen) atoms. The Balaban J connectivity index is 1.57. The van der Waals surface area contributed by atoms with Crippen molar-refractivity contribution in [2.45, 2.75) is 29.6 Å². The maximum Gasteiger partial charge on any atom is 0.433 e. The van der Waals surface area contributed by atoms with E-state index < -0.39 is 21.9 Å². The van der Waals surface area contributed by atoms with Gasteiger partial charge in [-0.3, -0.25) is 15.3 Å². The molecule has 0 fully saturated rings. The van der Waals surface area contributed by atoms with E-state index in [1.54, 1.807) is 6.20 Å². The Hall–Kier alpha value is -2.79. The average Bonchev–Trinajstić information content (AvgIpc) is 3.23. The molecular weight excluding hydrogens is 395 g/mol. The first-order valence-corrected chi connectivity index (χ1v) is 9.77. The van der Waals surface area contributed by atoms with E-state index in [-0.39, 0.29) is 17.0 Å². The summed E-state index contributed by atoms with van der Waals surface area (Å²) in [5, 5.41) is 7.41. The lowest BCUT2D eigenvalue weighted by molar-refractivity contribution is -0.141. The van der Waals surface area contributed by atoms with Crippen LogP contribution in [0.15, 0.2) is 47.8 Å². The molecule has 3 aromatic heterocycles. The predicted octanol–water partition coefficient (Wildman–Crippen LogP) is 2.22. The fraction of sp³-hybridized carbons (Fsp3) is 0.235. The highest BCUT2D eigenvalue weighted by atomic mass is 32.2. The summed E-state index contributed by atoms with van der Waals surface area (Å²) in [5.74, 6) is 0. The van der Waals surface area contributed by atoms with Crippen LogP contribution in [0.4, 0.5) is 13.2 Å². The van der Waals surface area contributed by atoms with Gasteiger partial charge in [-0.15, -0.1) is 0 Å². The lowest BCUT2D eigenvalue weighted by Gasteiger charge is -2.22. The minimum atomic E-state index is -4.64. The highest BCUT2D eigenvalue weighted by molar-refractivity contribution is 7.89. The van der Waals surface area contributed by atoms with Crippen molar-refractivity contribution in [3.8, 4) is 0 Å². The number of hydrogen-bond donors (Lipinski definition) is 1. The molecule has 2 unspecified atom stereocenters. The molecule has 2 aliphatic heterocycles. The Morgan fingerprint density at radius 1 is 1.11 bits per heavy atom. The maximum atomic E-state index is 13.0. The van der Waals surface area contributed by atoms with Crippen LogP contribution in [0.2, 0.25) is 0 Å². The number of halogens is 3. The van der Waals surface area contributed by atoms with E-state index in [0.717, 1.165) is 21.4 Å². The first-order chi connectivity index (χ1) is 13.3. The zero-order chi connectivity index (χ0) is 19.7. The Labute approximate surface area is 157 Å². The summed E-state index contributed by atoms with van der Waals surface area (Å²) in [7, 11) is -4.18. The van der Waals surface area contributed by atoms with Gasteiger partial charge in [0.2, 0.25) is 0 Å². The van der Waals surface area contributed by atoms with E-state index in [9.17, 15) is 21.6 Å². The van der Waals surface area contributed by atoms with E-state index in [4.69, 9.17) is 0 Å². The van der Waals surface area contributed by atoms with Gasteiger partial charge in [0.1, 0.15) is 10.6 Å². The molecule has 0 aromatic carbocycles. The standard InChI is InChI=1S/C17H12F3N5O2S/c18-17(19,20)14-4-3-9(7-22-14)28(26,27)25-13-6-12-10-2-1-5-21-15(10)16(24-12)11(13)8-23-25/h1-5,7-8,12,16,24H,6H2. The monoisotopic (exact) mass is 407 g/mol. The van der Waals surface area contributed by atoms with Gasteiger partial charge in [0.25, 0.3) is 10.0 Å². The van der Waals surface area contributed by atoms with Gasteiger partial charge >= 0.3 is 6.18 Å². The molecular formula is C17H12F3N5O2S. The molecule has 1 N–H and O–H groups in total. The molecule has 0 amide bonds. The van der Waals surface area contributed by atoms with Crippen molar-refractivity contribution in [1.29, 1.82) is 0 Å². The highest BCUT2D eigenvalue weighted by Crippen LogP contribution is 2.43. The number of aromatic nitrogens is 4. The SMILES string of the molecule is O=S(=O)(c1ccc(C(F)(F)F)nc1)n1ncc2c1CC1NC2c2ncccc21. The van der Waals surface area contributed by atoms with Gasteiger partial charge in [-0.1, -0.05) is 6.07 Å². The summed E-state index contributed by atoms with van der Waals surface area (Å²) in [6.07, 6.45) is -0.426. The summed E-state index contributed by atoms with van der Waals surface area (Å²) in [5.41, 5.74) is 1.87. The van der Waals surface area contributed by atoms with Gasteiger partial charge in [0, 0.05) is 30.4 Å². The third-order valence-electron chi connectivity index (χ3n) is 5.01. The predicted molar refractivity (Wildman–Crippen MR) is 89.7 cm³/mol. The molecule has 0 radical (unpaired) electrons. The number of nitrogens with one attached hydrogen (secondary N) is 1. The smallest absolute Gasteiger partial charge is 0.297 e. The maximum absolute atomic E-state index is 13.0. The lowest BCUT2D eigenvalue weighted by Crippen LogP contribution is -2.29. The van der Waals surface area contributed by atoms with Crippen LogP contribution in [0.1, 0.15) is 40.3 Å². The van der Waals surface area contributed by atoms with Crippen LogP contribution in [0, 0.1) is 0 Å². The van der Waals surface area contributed by atoms with E-state index >= 15 is 0 Å². The summed E-state index contributed by atoms with van der Waals surface area (Å²) in [4.78, 5) is 7.29. The van der Waals surface area contributed by atoms with Crippen LogP contribution in [0.3, 0.4) is 0 Å². The second-order valence-electron chi connectivity index (χ2n) is 6.61. The number of hydrogen-bond acceptors (Lipinski definition) is 6. The molecule has 3 aromatic rings. The van der Waals surface area contributed by atoms with Gasteiger partial charge < -0.3 is 0 Å². The van der Waals surface area contributed by atoms with Crippen LogP contribution in [0.5, 0.6) is 0 Å². The largest absolute Gasteiger partial charge is 0.433 e. The van der Waals surface area contributed by atoms with Crippen molar-refractivity contribution in [3.05, 3.63) is 71.1 Å². The summed E-state index contributed by atoms with van der Waals surface area (Å²) < 4.78 is 64.9. The molecule has 11 heteroatoms. The molecule has 5 heterocycles. The second kappa shape index (κ2) is 5.61. The van der Waals surface area contributed by atoms with E-state index in [1.807, 2.05) is 12.1 Å². The molecule has 2 bridgehead atoms. The first kappa shape index (κ1) is 17.3. The van der Waals surface area contributed by atoms with Crippen LogP contribution in [0.25, 0.3) is 0 Å². The third-order valence-corrected chi connectivity index (χ3v) is 6.62. The Morgan fingerprint density at radius 3 is 2.64 bits per heavy atom. The molecule has 0 saturated carbocycles. The van der Waals surface area contributed by atoms with Gasteiger partial charge in [-0.05, 0) is 23.8 Å². The molecule has 0 spiro atoms. The molecule has 2 atom stereocenters. The number of nitrogens with zero attached hydrogens (tertiary/aromatic N) is 4. The Morgan fingerprint density at radius 2 is 1.93 bits per heavy atom. The quantitative estimate of drug-likeness (QED) is 0.701. The zero-order valence-electron chi connectivity index (χ0n) is 14.1. The molecule has 0 aliphatic carbocycles. The number of rotatable bonds is 2. The van der Waals surface area contributed by atoms with Crippen molar-refractivity contribution < 1.29 is 21.6 Å². The third kappa shape index (κ3) is 2.39. The number of alkyl halides is 3. The topological polar surface area (TPSA) is 89.8 Å². The van der Waals surface area contributed by atoms with Crippen molar-refractivity contribution in [1.82, 2.24) is 24.5 Å². The van der Waals surface area contributed by atoms with Gasteiger partial charge in [-0.2, -0.15) is 30.8 Å². The summed E-state index contributed by atoms with van der Waals surface area (Å²) in [6, 6.07) is 4.94. The first-order valence-electron chi connectivity index (χ1n) is 8.33. The van der Waals surface area contributed by atoms with E-state index in [2.05, 4.69) is 20.4 Å². The summed E-state index contributed by atoms with van der Waals surface area (Å²) >= 11 is 0. The number of fused-ring (bicyclic) bond motifs is 7. The Bertz CT molecular complexity index is 1190. The molecule has 0 saturated heterocycles. The van der Waals surface area contributed by atoms with E-state index in [1.165, 1.54) is 6.20 Å².